The smallest absolute Gasteiger partial charge is 0.326 e. The lowest BCUT2D eigenvalue weighted by atomic mass is 10.2. The first-order valence-corrected chi connectivity index (χ1v) is 4.94. The first-order chi connectivity index (χ1) is 7.72. The fourth-order valence-electron chi connectivity index (χ4n) is 1.82. The number of rotatable bonds is 2. The van der Waals surface area contributed by atoms with Crippen LogP contribution in [0.3, 0.4) is 0 Å². The van der Waals surface area contributed by atoms with Crippen LogP contribution in [0.4, 0.5) is 5.82 Å². The summed E-state index contributed by atoms with van der Waals surface area (Å²) in [6.45, 7) is 0.664. The summed E-state index contributed by atoms with van der Waals surface area (Å²) in [6, 6.07) is 1.34. The van der Waals surface area contributed by atoms with Crippen LogP contribution in [0, 0.1) is 11.3 Å². The van der Waals surface area contributed by atoms with Crippen LogP contribution in [-0.2, 0) is 4.79 Å². The van der Waals surface area contributed by atoms with E-state index in [-0.39, 0.29) is 5.69 Å². The molecule has 0 unspecified atom stereocenters. The molecule has 1 aliphatic rings. The molecule has 1 aromatic heterocycles. The second-order valence-electron chi connectivity index (χ2n) is 3.56. The normalized spacial score (nSPS) is 19.4. The third-order valence-electron chi connectivity index (χ3n) is 2.58. The Labute approximate surface area is 92.2 Å². The monoisotopic (exact) mass is 218 g/mol. The van der Waals surface area contributed by atoms with Gasteiger partial charge in [0.25, 0.3) is 0 Å². The second kappa shape index (κ2) is 4.14. The summed E-state index contributed by atoms with van der Waals surface area (Å²) in [5.74, 6) is -0.326. The number of aliphatic carboxylic acids is 1. The number of nitriles is 1. The maximum Gasteiger partial charge on any atom is 0.326 e. The van der Waals surface area contributed by atoms with E-state index in [4.69, 9.17) is 10.4 Å². The van der Waals surface area contributed by atoms with E-state index in [0.717, 1.165) is 6.42 Å². The molecule has 0 radical (unpaired) electrons. The molecule has 0 spiro atoms. The van der Waals surface area contributed by atoms with E-state index < -0.39 is 12.0 Å². The Hall–Kier alpha value is -2.16. The molecule has 2 heterocycles. The summed E-state index contributed by atoms with van der Waals surface area (Å²) in [5.41, 5.74) is 0.231. The van der Waals surface area contributed by atoms with E-state index >= 15 is 0 Å². The molecule has 2 rings (SSSR count). The van der Waals surface area contributed by atoms with Crippen molar-refractivity contribution in [1.82, 2.24) is 9.97 Å². The Bertz CT molecular complexity index is 437. The van der Waals surface area contributed by atoms with Crippen molar-refractivity contribution >= 4 is 11.8 Å². The summed E-state index contributed by atoms with van der Waals surface area (Å²) in [6.07, 6.45) is 4.25. The van der Waals surface area contributed by atoms with Crippen molar-refractivity contribution in [3.63, 3.8) is 0 Å². The molecule has 0 bridgehead atoms. The first kappa shape index (κ1) is 10.4. The fraction of sp³-hybridized carbons (Fsp3) is 0.400. The Morgan fingerprint density at radius 2 is 2.38 bits per heavy atom. The van der Waals surface area contributed by atoms with Gasteiger partial charge in [-0.15, -0.1) is 0 Å². The standard InChI is InChI=1S/C10H10N4O2/c11-4-7-5-13-9(6-12-7)14-3-1-2-8(14)10(15)16/h5-6,8H,1-3H2,(H,15,16)/t8-/m0/s1. The van der Waals surface area contributed by atoms with Gasteiger partial charge in [-0.05, 0) is 12.8 Å². The van der Waals surface area contributed by atoms with E-state index in [1.165, 1.54) is 12.4 Å². The minimum atomic E-state index is -0.844. The fourth-order valence-corrected chi connectivity index (χ4v) is 1.82. The van der Waals surface area contributed by atoms with Gasteiger partial charge in [0, 0.05) is 6.54 Å². The Balaban J connectivity index is 2.23. The molecule has 1 fully saturated rings. The molecule has 1 aliphatic heterocycles. The molecule has 16 heavy (non-hydrogen) atoms. The summed E-state index contributed by atoms with van der Waals surface area (Å²) < 4.78 is 0. The number of hydrogen-bond acceptors (Lipinski definition) is 5. The third kappa shape index (κ3) is 1.80. The second-order valence-corrected chi connectivity index (χ2v) is 3.56. The molecule has 1 N–H and O–H groups in total. The molecule has 6 nitrogen and oxygen atoms in total. The molecule has 1 saturated heterocycles. The highest BCUT2D eigenvalue weighted by molar-refractivity contribution is 5.78. The third-order valence-corrected chi connectivity index (χ3v) is 2.58. The van der Waals surface area contributed by atoms with Crippen molar-refractivity contribution in [2.75, 3.05) is 11.4 Å². The molecule has 6 heteroatoms. The minimum absolute atomic E-state index is 0.231. The molecule has 0 amide bonds. The quantitative estimate of drug-likeness (QED) is 0.772. The number of carbonyl (C=O) groups is 1. The van der Waals surface area contributed by atoms with Crippen molar-refractivity contribution in [2.24, 2.45) is 0 Å². The zero-order valence-corrected chi connectivity index (χ0v) is 8.50. The van der Waals surface area contributed by atoms with Gasteiger partial charge in [-0.2, -0.15) is 5.26 Å². The van der Waals surface area contributed by atoms with E-state index in [1.54, 1.807) is 4.90 Å². The lowest BCUT2D eigenvalue weighted by Gasteiger charge is -2.21. The van der Waals surface area contributed by atoms with Crippen LogP contribution < -0.4 is 4.90 Å². The maximum absolute atomic E-state index is 11.0. The molecule has 0 aliphatic carbocycles. The highest BCUT2D eigenvalue weighted by Gasteiger charge is 2.31. The van der Waals surface area contributed by atoms with Crippen molar-refractivity contribution in [1.29, 1.82) is 5.26 Å². The van der Waals surface area contributed by atoms with Crippen LogP contribution in [0.1, 0.15) is 18.5 Å². The van der Waals surface area contributed by atoms with Gasteiger partial charge in [-0.1, -0.05) is 0 Å². The summed E-state index contributed by atoms with van der Waals surface area (Å²) in [7, 11) is 0. The highest BCUT2D eigenvalue weighted by Crippen LogP contribution is 2.23. The minimum Gasteiger partial charge on any atom is -0.480 e. The van der Waals surface area contributed by atoms with Gasteiger partial charge >= 0.3 is 5.97 Å². The van der Waals surface area contributed by atoms with Crippen LogP contribution in [0.25, 0.3) is 0 Å². The number of aromatic nitrogens is 2. The van der Waals surface area contributed by atoms with Gasteiger partial charge in [-0.25, -0.2) is 14.8 Å². The van der Waals surface area contributed by atoms with Crippen molar-refractivity contribution in [3.05, 3.63) is 18.1 Å². The van der Waals surface area contributed by atoms with Gasteiger partial charge in [0.05, 0.1) is 12.4 Å². The molecule has 0 saturated carbocycles. The maximum atomic E-state index is 11.0. The van der Waals surface area contributed by atoms with Crippen molar-refractivity contribution in [3.8, 4) is 6.07 Å². The first-order valence-electron chi connectivity index (χ1n) is 4.94. The van der Waals surface area contributed by atoms with Crippen LogP contribution in [0.2, 0.25) is 0 Å². The van der Waals surface area contributed by atoms with E-state index in [2.05, 4.69) is 9.97 Å². The van der Waals surface area contributed by atoms with Gasteiger partial charge < -0.3 is 10.0 Å². The van der Waals surface area contributed by atoms with Gasteiger partial charge in [0.15, 0.2) is 5.69 Å². The van der Waals surface area contributed by atoms with Crippen molar-refractivity contribution in [2.45, 2.75) is 18.9 Å². The average Bonchev–Trinajstić information content (AvgIpc) is 2.78. The zero-order chi connectivity index (χ0) is 11.5. The summed E-state index contributed by atoms with van der Waals surface area (Å²) >= 11 is 0. The van der Waals surface area contributed by atoms with Crippen molar-refractivity contribution < 1.29 is 9.90 Å². The zero-order valence-electron chi connectivity index (χ0n) is 8.50. The lowest BCUT2D eigenvalue weighted by molar-refractivity contribution is -0.138. The van der Waals surface area contributed by atoms with Crippen LogP contribution in [-0.4, -0.2) is 33.6 Å². The Kier molecular flexibility index (Phi) is 2.68. The molecule has 1 aromatic rings. The van der Waals surface area contributed by atoms with E-state index in [9.17, 15) is 4.79 Å². The highest BCUT2D eigenvalue weighted by atomic mass is 16.4. The SMILES string of the molecule is N#Cc1cnc(N2CCC[C@H]2C(=O)O)cn1. The largest absolute Gasteiger partial charge is 0.480 e. The molecule has 82 valence electrons. The number of nitrogens with zero attached hydrogens (tertiary/aromatic N) is 4. The van der Waals surface area contributed by atoms with Gasteiger partial charge in [0.1, 0.15) is 17.9 Å². The number of hydrogen-bond donors (Lipinski definition) is 1. The van der Waals surface area contributed by atoms with Gasteiger partial charge in [0.2, 0.25) is 0 Å². The molecular weight excluding hydrogens is 208 g/mol. The summed E-state index contributed by atoms with van der Waals surface area (Å²) in [5, 5.41) is 17.6. The number of carboxylic acids is 1. The lowest BCUT2D eigenvalue weighted by Crippen LogP contribution is -2.36. The van der Waals surface area contributed by atoms with E-state index in [0.29, 0.717) is 18.8 Å². The van der Waals surface area contributed by atoms with Crippen LogP contribution >= 0.6 is 0 Å². The average molecular weight is 218 g/mol. The van der Waals surface area contributed by atoms with Crippen LogP contribution in [0.15, 0.2) is 12.4 Å². The molecule has 1 atom stereocenters. The predicted molar refractivity (Wildman–Crippen MR) is 54.8 cm³/mol. The predicted octanol–water partition coefficient (Wildman–Crippen LogP) is 0.402. The number of anilines is 1. The Morgan fingerprint density at radius 1 is 1.56 bits per heavy atom. The van der Waals surface area contributed by atoms with Crippen LogP contribution in [0.5, 0.6) is 0 Å². The number of carboxylic acid groups (broad SMARTS) is 1. The van der Waals surface area contributed by atoms with E-state index in [1.807, 2.05) is 6.07 Å². The summed E-state index contributed by atoms with van der Waals surface area (Å²) in [4.78, 5) is 20.6. The molecule has 0 aromatic carbocycles. The Morgan fingerprint density at radius 3 is 2.94 bits per heavy atom. The van der Waals surface area contributed by atoms with Gasteiger partial charge in [-0.3, -0.25) is 0 Å². The molecular formula is C10H10N4O2. The topological polar surface area (TPSA) is 90.1 Å².